The lowest BCUT2D eigenvalue weighted by molar-refractivity contribution is -0.145. The molecule has 0 bridgehead atoms. The molecule has 3 aromatic rings. The van der Waals surface area contributed by atoms with Gasteiger partial charge in [0.1, 0.15) is 17.4 Å². The average Bonchev–Trinajstić information content (AvgIpc) is 3.09. The summed E-state index contributed by atoms with van der Waals surface area (Å²) in [7, 11) is 0. The highest BCUT2D eigenvalue weighted by Gasteiger charge is 2.43. The average molecular weight is 423 g/mol. The minimum Gasteiger partial charge on any atom is -0.382 e. The fourth-order valence-electron chi connectivity index (χ4n) is 4.12. The molecule has 0 atom stereocenters. The molecule has 3 heterocycles. The summed E-state index contributed by atoms with van der Waals surface area (Å²) in [5.74, 6) is 0.236. The van der Waals surface area contributed by atoms with Gasteiger partial charge in [0.25, 0.3) is 5.91 Å². The number of aryl methyl sites for hydroxylation is 1. The van der Waals surface area contributed by atoms with E-state index in [-0.39, 0.29) is 11.8 Å². The van der Waals surface area contributed by atoms with Crippen LogP contribution in [0.3, 0.4) is 0 Å². The van der Waals surface area contributed by atoms with Gasteiger partial charge in [-0.1, -0.05) is 26.0 Å². The summed E-state index contributed by atoms with van der Waals surface area (Å²) in [5.41, 5.74) is 9.48. The van der Waals surface area contributed by atoms with Gasteiger partial charge in [0, 0.05) is 31.3 Å². The lowest BCUT2D eigenvalue weighted by atomic mass is 9.96. The molecule has 31 heavy (non-hydrogen) atoms. The van der Waals surface area contributed by atoms with Crippen molar-refractivity contribution in [1.82, 2.24) is 19.5 Å². The number of benzene rings is 1. The fourth-order valence-corrected chi connectivity index (χ4v) is 4.12. The zero-order valence-corrected chi connectivity index (χ0v) is 19.0. The molecule has 4 rings (SSSR count). The van der Waals surface area contributed by atoms with Gasteiger partial charge in [-0.2, -0.15) is 5.10 Å². The third kappa shape index (κ3) is 3.73. The molecule has 0 radical (unpaired) electrons. The van der Waals surface area contributed by atoms with Crippen molar-refractivity contribution in [2.24, 2.45) is 0 Å². The molecule has 1 saturated heterocycles. The molecular weight excluding hydrogens is 392 g/mol. The third-order valence-electron chi connectivity index (χ3n) is 5.60. The van der Waals surface area contributed by atoms with E-state index in [1.165, 1.54) is 13.3 Å². The second kappa shape index (κ2) is 8.37. The SMILES string of the molecule is CC.CC(=O)N1CCN(c2cccc(-c3cc(C)c4c(N)ncnn34)c2)C(=O)C1(C)C. The number of fused-ring (bicyclic) bond motifs is 1. The lowest BCUT2D eigenvalue weighted by Gasteiger charge is -2.45. The summed E-state index contributed by atoms with van der Waals surface area (Å²) in [4.78, 5) is 32.5. The second-order valence-electron chi connectivity index (χ2n) is 7.86. The summed E-state index contributed by atoms with van der Waals surface area (Å²) >= 11 is 0. The van der Waals surface area contributed by atoms with E-state index in [9.17, 15) is 9.59 Å². The summed E-state index contributed by atoms with van der Waals surface area (Å²) in [6, 6.07) is 9.79. The van der Waals surface area contributed by atoms with E-state index in [0.29, 0.717) is 18.9 Å². The van der Waals surface area contributed by atoms with Gasteiger partial charge >= 0.3 is 0 Å². The fraction of sp³-hybridized carbons (Fsp3) is 0.391. The van der Waals surface area contributed by atoms with Crippen molar-refractivity contribution in [3.8, 4) is 11.3 Å². The number of piperazine rings is 1. The first-order valence-corrected chi connectivity index (χ1v) is 10.5. The molecule has 1 fully saturated rings. The molecule has 0 aliphatic carbocycles. The van der Waals surface area contributed by atoms with Crippen molar-refractivity contribution in [3.63, 3.8) is 0 Å². The van der Waals surface area contributed by atoms with Crippen LogP contribution in [0, 0.1) is 6.92 Å². The zero-order valence-electron chi connectivity index (χ0n) is 19.0. The summed E-state index contributed by atoms with van der Waals surface area (Å²) in [6.07, 6.45) is 1.43. The summed E-state index contributed by atoms with van der Waals surface area (Å²) in [5, 5.41) is 4.35. The first-order valence-electron chi connectivity index (χ1n) is 10.5. The van der Waals surface area contributed by atoms with E-state index in [1.54, 1.807) is 28.2 Å². The van der Waals surface area contributed by atoms with Crippen LogP contribution in [0.25, 0.3) is 16.8 Å². The van der Waals surface area contributed by atoms with Crippen molar-refractivity contribution >= 4 is 28.8 Å². The molecule has 1 aliphatic heterocycles. The molecule has 8 nitrogen and oxygen atoms in total. The van der Waals surface area contributed by atoms with Crippen molar-refractivity contribution in [1.29, 1.82) is 0 Å². The Hall–Kier alpha value is -3.42. The van der Waals surface area contributed by atoms with Crippen LogP contribution in [-0.4, -0.2) is 49.9 Å². The Morgan fingerprint density at radius 2 is 1.87 bits per heavy atom. The van der Waals surface area contributed by atoms with Gasteiger partial charge in [0.2, 0.25) is 5.91 Å². The molecule has 1 aliphatic rings. The Morgan fingerprint density at radius 3 is 2.55 bits per heavy atom. The number of rotatable bonds is 2. The Balaban J connectivity index is 0.00000132. The van der Waals surface area contributed by atoms with E-state index >= 15 is 0 Å². The molecule has 0 unspecified atom stereocenters. The normalized spacial score (nSPS) is 15.6. The minimum atomic E-state index is -0.889. The van der Waals surface area contributed by atoms with Gasteiger partial charge in [-0.05, 0) is 44.5 Å². The smallest absolute Gasteiger partial charge is 0.252 e. The number of carbonyl (C=O) groups excluding carboxylic acids is 2. The molecule has 2 N–H and O–H groups in total. The van der Waals surface area contributed by atoms with Crippen molar-refractivity contribution in [3.05, 3.63) is 42.2 Å². The van der Waals surface area contributed by atoms with E-state index < -0.39 is 5.54 Å². The van der Waals surface area contributed by atoms with Crippen LogP contribution in [0.1, 0.15) is 40.2 Å². The molecular formula is C23H30N6O2. The number of nitrogen functional groups attached to an aromatic ring is 1. The number of nitrogens with two attached hydrogens (primary N) is 1. The molecule has 2 aromatic heterocycles. The largest absolute Gasteiger partial charge is 0.382 e. The van der Waals surface area contributed by atoms with Gasteiger partial charge in [-0.3, -0.25) is 9.59 Å². The number of carbonyl (C=O) groups is 2. The van der Waals surface area contributed by atoms with Crippen LogP contribution in [0.4, 0.5) is 11.5 Å². The number of nitrogens with zero attached hydrogens (tertiary/aromatic N) is 5. The van der Waals surface area contributed by atoms with Crippen molar-refractivity contribution in [2.75, 3.05) is 23.7 Å². The maximum Gasteiger partial charge on any atom is 0.252 e. The van der Waals surface area contributed by atoms with Crippen molar-refractivity contribution in [2.45, 2.75) is 47.1 Å². The predicted octanol–water partition coefficient (Wildman–Crippen LogP) is 3.29. The van der Waals surface area contributed by atoms with Crippen LogP contribution in [0.2, 0.25) is 0 Å². The second-order valence-corrected chi connectivity index (χ2v) is 7.86. The predicted molar refractivity (Wildman–Crippen MR) is 123 cm³/mol. The number of amides is 2. The highest BCUT2D eigenvalue weighted by molar-refractivity contribution is 6.03. The number of hydrogen-bond acceptors (Lipinski definition) is 5. The summed E-state index contributed by atoms with van der Waals surface area (Å²) < 4.78 is 1.77. The van der Waals surface area contributed by atoms with E-state index in [4.69, 9.17) is 5.73 Å². The van der Waals surface area contributed by atoms with Gasteiger partial charge < -0.3 is 15.5 Å². The van der Waals surface area contributed by atoms with Crippen LogP contribution in [0.15, 0.2) is 36.7 Å². The van der Waals surface area contributed by atoms with Crippen molar-refractivity contribution < 1.29 is 9.59 Å². The Kier molecular flexibility index (Phi) is 6.01. The van der Waals surface area contributed by atoms with E-state index in [1.807, 2.05) is 51.1 Å². The van der Waals surface area contributed by atoms with Crippen LogP contribution >= 0.6 is 0 Å². The number of hydrogen-bond donors (Lipinski definition) is 1. The summed E-state index contributed by atoms with van der Waals surface area (Å²) in [6.45, 7) is 12.0. The Bertz CT molecular complexity index is 1130. The van der Waals surface area contributed by atoms with Gasteiger partial charge in [0.05, 0.1) is 5.69 Å². The standard InChI is InChI=1S/C21H24N6O2.C2H6/c1-13-10-17(27-18(13)19(22)23-12-24-27)15-6-5-7-16(11-15)25-8-9-26(14(2)28)21(3,4)20(25)29;1-2/h5-7,10-12H,8-9H2,1-4H3,(H2,22,23,24);1-2H3. The highest BCUT2D eigenvalue weighted by atomic mass is 16.2. The molecule has 2 amide bonds. The zero-order chi connectivity index (χ0) is 22.9. The quantitative estimate of drug-likeness (QED) is 0.684. The van der Waals surface area contributed by atoms with E-state index in [2.05, 4.69) is 10.1 Å². The molecule has 1 aromatic carbocycles. The molecule has 164 valence electrons. The van der Waals surface area contributed by atoms with Gasteiger partial charge in [-0.25, -0.2) is 9.50 Å². The molecule has 0 saturated carbocycles. The Labute approximate surface area is 182 Å². The maximum absolute atomic E-state index is 13.2. The lowest BCUT2D eigenvalue weighted by Crippen LogP contribution is -2.64. The van der Waals surface area contributed by atoms with Crippen LogP contribution in [0.5, 0.6) is 0 Å². The molecule has 8 heteroatoms. The topological polar surface area (TPSA) is 96.8 Å². The van der Waals surface area contributed by atoms with Crippen LogP contribution in [-0.2, 0) is 9.59 Å². The third-order valence-corrected chi connectivity index (χ3v) is 5.60. The van der Waals surface area contributed by atoms with E-state index in [0.717, 1.165) is 28.0 Å². The molecule has 0 spiro atoms. The van der Waals surface area contributed by atoms with Gasteiger partial charge in [0.15, 0.2) is 5.82 Å². The number of anilines is 2. The van der Waals surface area contributed by atoms with Gasteiger partial charge in [-0.15, -0.1) is 0 Å². The first-order chi connectivity index (χ1) is 14.7. The maximum atomic E-state index is 13.2. The Morgan fingerprint density at radius 1 is 1.16 bits per heavy atom. The monoisotopic (exact) mass is 422 g/mol. The minimum absolute atomic E-state index is 0.0934. The number of aromatic nitrogens is 3. The highest BCUT2D eigenvalue weighted by Crippen LogP contribution is 2.32. The first kappa shape index (κ1) is 22.3. The van der Waals surface area contributed by atoms with Crippen LogP contribution < -0.4 is 10.6 Å².